The highest BCUT2D eigenvalue weighted by Gasteiger charge is 2.12. The third kappa shape index (κ3) is 10.8. The molecule has 15 heteroatoms. The second-order valence-electron chi connectivity index (χ2n) is 7.65. The number of carbonyl (C=O) groups excluding carboxylic acids is 2. The molecule has 0 saturated heterocycles. The number of urea groups is 2. The molecule has 1 aromatic heterocycles. The number of aliphatic imine (C=N–C) groups is 2. The van der Waals surface area contributed by atoms with Crippen molar-refractivity contribution in [2.45, 2.75) is 26.7 Å². The van der Waals surface area contributed by atoms with Crippen LogP contribution in [0.2, 0.25) is 0 Å². The van der Waals surface area contributed by atoms with E-state index in [0.29, 0.717) is 30.9 Å². The van der Waals surface area contributed by atoms with E-state index in [-0.39, 0.29) is 17.9 Å². The maximum atomic E-state index is 12.6. The number of amides is 4. The number of aromatic amines is 1. The smallest absolute Gasteiger partial charge is 0.332 e. The van der Waals surface area contributed by atoms with Crippen molar-refractivity contribution in [3.63, 3.8) is 0 Å². The number of nitrogens with zero attached hydrogens (tertiary/aromatic N) is 4. The highest BCUT2D eigenvalue weighted by molar-refractivity contribution is 5.98. The third-order valence-corrected chi connectivity index (χ3v) is 4.41. The normalized spacial score (nSPS) is 14.1. The summed E-state index contributed by atoms with van der Waals surface area (Å²) in [5.41, 5.74) is 17.3. The van der Waals surface area contributed by atoms with Crippen LogP contribution in [0, 0.1) is 6.92 Å². The zero-order chi connectivity index (χ0) is 27.2. The topological polar surface area (TPSA) is 234 Å². The summed E-state index contributed by atoms with van der Waals surface area (Å²) in [4.78, 5) is 52.1. The monoisotopic (exact) mass is 512 g/mol. The van der Waals surface area contributed by atoms with Crippen LogP contribution in [0.1, 0.15) is 25.5 Å². The second-order valence-corrected chi connectivity index (χ2v) is 7.65. The van der Waals surface area contributed by atoms with Gasteiger partial charge in [-0.15, -0.1) is 0 Å². The van der Waals surface area contributed by atoms with Gasteiger partial charge in [0.05, 0.1) is 5.70 Å². The Balaban J connectivity index is 1.97. The average molecular weight is 513 g/mol. The van der Waals surface area contributed by atoms with Gasteiger partial charge in [0.15, 0.2) is 5.96 Å². The summed E-state index contributed by atoms with van der Waals surface area (Å²) in [6, 6.07) is 0.276. The molecule has 198 valence electrons. The Morgan fingerprint density at radius 2 is 1.97 bits per heavy atom. The molecule has 0 bridgehead atoms. The van der Waals surface area contributed by atoms with Gasteiger partial charge in [-0.1, -0.05) is 0 Å². The average Bonchev–Trinajstić information content (AvgIpc) is 2.79. The molecule has 15 nitrogen and oxygen atoms in total. The predicted octanol–water partition coefficient (Wildman–Crippen LogP) is -0.0445. The number of allylic oxidation sites excluding steroid dienone is 4. The fourth-order valence-corrected chi connectivity index (χ4v) is 2.89. The van der Waals surface area contributed by atoms with Gasteiger partial charge < -0.3 is 27.8 Å². The first kappa shape index (κ1) is 28.2. The van der Waals surface area contributed by atoms with Crippen LogP contribution in [0.4, 0.5) is 15.5 Å². The van der Waals surface area contributed by atoms with E-state index in [2.05, 4.69) is 41.2 Å². The van der Waals surface area contributed by atoms with Gasteiger partial charge in [-0.2, -0.15) is 0 Å². The summed E-state index contributed by atoms with van der Waals surface area (Å²) in [7, 11) is 0. The molecule has 0 fully saturated rings. The molecule has 0 aliphatic carbocycles. The molecule has 37 heavy (non-hydrogen) atoms. The van der Waals surface area contributed by atoms with E-state index in [1.165, 1.54) is 24.7 Å². The molecule has 1 aliphatic rings. The molecule has 2 heterocycles. The fourth-order valence-electron chi connectivity index (χ4n) is 2.89. The minimum atomic E-state index is -0.608. The van der Waals surface area contributed by atoms with Crippen molar-refractivity contribution in [3.05, 3.63) is 70.3 Å². The Hall–Kier alpha value is -5.08. The number of aryl methyl sites for hydroxylation is 1. The number of aromatic nitrogens is 2. The molecule has 0 aromatic carbocycles. The number of hydrogen-bond acceptors (Lipinski definition) is 8. The zero-order valence-electron chi connectivity index (χ0n) is 20.6. The number of hydrogen-bond donors (Lipinski definition) is 8. The summed E-state index contributed by atoms with van der Waals surface area (Å²) < 4.78 is 0. The van der Waals surface area contributed by atoms with Crippen molar-refractivity contribution in [2.75, 3.05) is 18.4 Å². The standard InChI is InChI=1S/C22H32N12O3/c1-14-12-16(30-19(28-14)32-21(36)27-9-4-3-8-26-18(24)25)6-5-10-34(11-7-23)22(37)33-20-29-15(2)13-17(35)31-20/h5-7,10-13H,3-4,8-9,23H2,1-2H3,(H4,24,25,26)(H3,27,28,30,32,36)(H2,29,31,33,35,37)/b10-5+,11-7-,16-6+. The molecule has 0 spiro atoms. The summed E-state index contributed by atoms with van der Waals surface area (Å²) >= 11 is 0. The van der Waals surface area contributed by atoms with Gasteiger partial charge in [0, 0.05) is 49.1 Å². The van der Waals surface area contributed by atoms with E-state index in [9.17, 15) is 14.4 Å². The minimum absolute atomic E-state index is 0.00134. The van der Waals surface area contributed by atoms with Crippen molar-refractivity contribution < 1.29 is 9.59 Å². The van der Waals surface area contributed by atoms with Gasteiger partial charge in [0.25, 0.3) is 5.56 Å². The summed E-state index contributed by atoms with van der Waals surface area (Å²) in [6.45, 7) is 4.38. The molecule has 1 aliphatic heterocycles. The fraction of sp³-hybridized carbons (Fsp3) is 0.273. The lowest BCUT2D eigenvalue weighted by Gasteiger charge is -2.16. The number of nitrogens with one attached hydrogen (secondary N) is 5. The van der Waals surface area contributed by atoms with Crippen LogP contribution in [-0.4, -0.2) is 51.9 Å². The van der Waals surface area contributed by atoms with Gasteiger partial charge in [-0.05, 0) is 44.9 Å². The largest absolute Gasteiger partial charge is 0.403 e. The summed E-state index contributed by atoms with van der Waals surface area (Å²) in [6.07, 6.45) is 10.3. The van der Waals surface area contributed by atoms with Crippen LogP contribution in [0.25, 0.3) is 0 Å². The van der Waals surface area contributed by atoms with Crippen molar-refractivity contribution in [3.8, 4) is 0 Å². The third-order valence-electron chi connectivity index (χ3n) is 4.41. The molecule has 4 amide bonds. The van der Waals surface area contributed by atoms with E-state index in [1.54, 1.807) is 25.2 Å². The lowest BCUT2D eigenvalue weighted by atomic mass is 10.3. The summed E-state index contributed by atoms with van der Waals surface area (Å²) in [5, 5.41) is 10.8. The van der Waals surface area contributed by atoms with E-state index in [1.807, 2.05) is 6.92 Å². The molecule has 0 unspecified atom stereocenters. The molecule has 11 N–H and O–H groups in total. The SMILES string of the molecule is CC1=C/C(=C\C=C\N(/C=C\N)C(=O)Nc2nc(C)cc(=O)[nH]2)N=C(NC(=O)NCCCCN=C(N)N)N1. The van der Waals surface area contributed by atoms with Crippen molar-refractivity contribution >= 4 is 29.9 Å². The van der Waals surface area contributed by atoms with Gasteiger partial charge in [0.1, 0.15) is 0 Å². The van der Waals surface area contributed by atoms with Crippen LogP contribution in [0.3, 0.4) is 0 Å². The maximum absolute atomic E-state index is 12.6. The van der Waals surface area contributed by atoms with Crippen LogP contribution < -0.4 is 44.0 Å². The highest BCUT2D eigenvalue weighted by Crippen LogP contribution is 2.09. The number of carbonyl (C=O) groups is 2. The number of rotatable bonds is 9. The first-order chi connectivity index (χ1) is 17.7. The van der Waals surface area contributed by atoms with Crippen molar-refractivity contribution in [2.24, 2.45) is 27.2 Å². The number of unbranched alkanes of at least 4 members (excludes halogenated alkanes) is 1. The van der Waals surface area contributed by atoms with Crippen LogP contribution in [0.15, 0.2) is 69.1 Å². The lowest BCUT2D eigenvalue weighted by Crippen LogP contribution is -2.46. The first-order valence-electron chi connectivity index (χ1n) is 11.2. The van der Waals surface area contributed by atoms with Gasteiger partial charge >= 0.3 is 12.1 Å². The Bertz CT molecular complexity index is 1210. The number of nitrogens with two attached hydrogens (primary N) is 3. The lowest BCUT2D eigenvalue weighted by molar-refractivity contribution is 0.238. The highest BCUT2D eigenvalue weighted by atomic mass is 16.2. The van der Waals surface area contributed by atoms with Crippen molar-refractivity contribution in [1.29, 1.82) is 0 Å². The van der Waals surface area contributed by atoms with Crippen LogP contribution in [0.5, 0.6) is 0 Å². The Kier molecular flexibility index (Phi) is 10.9. The first-order valence-corrected chi connectivity index (χ1v) is 11.2. The Morgan fingerprint density at radius 1 is 1.19 bits per heavy atom. The molecular formula is C22H32N12O3. The second kappa shape index (κ2) is 14.3. The molecule has 0 saturated carbocycles. The maximum Gasteiger partial charge on any atom is 0.332 e. The van der Waals surface area contributed by atoms with E-state index in [4.69, 9.17) is 17.2 Å². The van der Waals surface area contributed by atoms with Gasteiger partial charge in [-0.25, -0.2) is 19.6 Å². The van der Waals surface area contributed by atoms with Crippen LogP contribution in [-0.2, 0) is 0 Å². The van der Waals surface area contributed by atoms with Gasteiger partial charge in [0.2, 0.25) is 11.9 Å². The van der Waals surface area contributed by atoms with E-state index >= 15 is 0 Å². The molecule has 0 atom stereocenters. The molecular weight excluding hydrogens is 480 g/mol. The minimum Gasteiger partial charge on any atom is -0.403 e. The Labute approximate surface area is 213 Å². The van der Waals surface area contributed by atoms with Crippen molar-refractivity contribution in [1.82, 2.24) is 30.8 Å². The summed E-state index contributed by atoms with van der Waals surface area (Å²) in [5.74, 6) is 0.281. The number of guanidine groups is 2. The predicted molar refractivity (Wildman–Crippen MR) is 142 cm³/mol. The number of anilines is 1. The van der Waals surface area contributed by atoms with Gasteiger partial charge in [-0.3, -0.25) is 30.3 Å². The number of H-pyrrole nitrogens is 1. The molecule has 1 aromatic rings. The van der Waals surface area contributed by atoms with Crippen LogP contribution >= 0.6 is 0 Å². The zero-order valence-corrected chi connectivity index (χ0v) is 20.6. The van der Waals surface area contributed by atoms with E-state index < -0.39 is 17.6 Å². The van der Waals surface area contributed by atoms with E-state index in [0.717, 1.165) is 17.0 Å². The molecule has 0 radical (unpaired) electrons. The molecule has 2 rings (SSSR count). The quantitative estimate of drug-likeness (QED) is 0.127. The Morgan fingerprint density at radius 3 is 2.68 bits per heavy atom.